The Morgan fingerprint density at radius 3 is 2.58 bits per heavy atom. The monoisotopic (exact) mass is 352 g/mol. The molecule has 2 aromatic rings. The summed E-state index contributed by atoms with van der Waals surface area (Å²) in [6.07, 6.45) is 2.17. The third kappa shape index (κ3) is 4.04. The molecule has 5 heteroatoms. The second-order valence-electron chi connectivity index (χ2n) is 6.51. The first-order valence-corrected chi connectivity index (χ1v) is 8.88. The number of hydrogen-bond donors (Lipinski definition) is 1. The molecule has 2 amide bonds. The van der Waals surface area contributed by atoms with E-state index >= 15 is 0 Å². The predicted octanol–water partition coefficient (Wildman–Crippen LogP) is 3.24. The number of fused-ring (bicyclic) bond motifs is 1. The molecule has 2 aromatic carbocycles. The Balaban J connectivity index is 1.80. The van der Waals surface area contributed by atoms with Gasteiger partial charge < -0.3 is 15.0 Å². The van der Waals surface area contributed by atoms with E-state index < -0.39 is 0 Å². The lowest BCUT2D eigenvalue weighted by Crippen LogP contribution is -2.38. The van der Waals surface area contributed by atoms with Crippen LogP contribution in [0.25, 0.3) is 0 Å². The number of amides is 2. The van der Waals surface area contributed by atoms with Gasteiger partial charge >= 0.3 is 0 Å². The van der Waals surface area contributed by atoms with Gasteiger partial charge in [0.1, 0.15) is 5.75 Å². The third-order valence-electron chi connectivity index (χ3n) is 4.69. The first-order chi connectivity index (χ1) is 12.6. The molecular formula is C21H24N2O3. The van der Waals surface area contributed by atoms with Gasteiger partial charge in [-0.2, -0.15) is 0 Å². The van der Waals surface area contributed by atoms with E-state index in [-0.39, 0.29) is 24.3 Å². The minimum atomic E-state index is -0.361. The Morgan fingerprint density at radius 1 is 1.15 bits per heavy atom. The summed E-state index contributed by atoms with van der Waals surface area (Å²) >= 11 is 0. The van der Waals surface area contributed by atoms with Crippen molar-refractivity contribution in [2.45, 2.75) is 32.2 Å². The van der Waals surface area contributed by atoms with Crippen LogP contribution >= 0.6 is 0 Å². The van der Waals surface area contributed by atoms with Gasteiger partial charge in [-0.1, -0.05) is 30.3 Å². The molecule has 1 atom stereocenters. The van der Waals surface area contributed by atoms with E-state index in [1.165, 1.54) is 12.5 Å². The summed E-state index contributed by atoms with van der Waals surface area (Å²) in [5, 5.41) is 2.90. The van der Waals surface area contributed by atoms with Gasteiger partial charge in [-0.25, -0.2) is 0 Å². The van der Waals surface area contributed by atoms with Crippen LogP contribution in [0.5, 0.6) is 5.75 Å². The predicted molar refractivity (Wildman–Crippen MR) is 101 cm³/mol. The van der Waals surface area contributed by atoms with E-state index in [2.05, 4.69) is 11.4 Å². The fourth-order valence-corrected chi connectivity index (χ4v) is 3.41. The highest BCUT2D eigenvalue weighted by Crippen LogP contribution is 2.29. The lowest BCUT2D eigenvalue weighted by atomic mass is 9.99. The maximum atomic E-state index is 13.0. The summed E-state index contributed by atoms with van der Waals surface area (Å²) in [7, 11) is 1.61. The van der Waals surface area contributed by atoms with Crippen LogP contribution < -0.4 is 15.0 Å². The zero-order chi connectivity index (χ0) is 18.5. The minimum Gasteiger partial charge on any atom is -0.497 e. The summed E-state index contributed by atoms with van der Waals surface area (Å²) in [4.78, 5) is 26.5. The number of carbonyl (C=O) groups is 2. The standard InChI is InChI=1S/C21H24N2O3/c1-15(24)22-19(16-9-11-18(26-2)12-10-16)14-21(25)23-13-5-7-17-6-3-4-8-20(17)23/h3-4,6,8-12,19H,5,7,13-14H2,1-2H3,(H,22,24)/t19-/m1/s1. The molecule has 3 rings (SSSR count). The first kappa shape index (κ1) is 18.0. The number of ether oxygens (including phenoxy) is 1. The van der Waals surface area contributed by atoms with Crippen LogP contribution in [-0.2, 0) is 16.0 Å². The Kier molecular flexibility index (Phi) is 5.56. The molecule has 0 saturated heterocycles. The SMILES string of the molecule is COc1ccc([C@@H](CC(=O)N2CCCc3ccccc32)NC(C)=O)cc1. The lowest BCUT2D eigenvalue weighted by Gasteiger charge is -2.31. The van der Waals surface area contributed by atoms with Gasteiger partial charge in [-0.05, 0) is 42.2 Å². The van der Waals surface area contributed by atoms with Crippen LogP contribution in [0.1, 0.15) is 36.9 Å². The molecular weight excluding hydrogens is 328 g/mol. The highest BCUT2D eigenvalue weighted by atomic mass is 16.5. The Hall–Kier alpha value is -2.82. The van der Waals surface area contributed by atoms with Gasteiger partial charge in [-0.3, -0.25) is 9.59 Å². The van der Waals surface area contributed by atoms with Gasteiger partial charge in [0.25, 0.3) is 0 Å². The first-order valence-electron chi connectivity index (χ1n) is 8.88. The number of carbonyl (C=O) groups excluding carboxylic acids is 2. The van der Waals surface area contributed by atoms with Gasteiger partial charge in [-0.15, -0.1) is 0 Å². The number of hydrogen-bond acceptors (Lipinski definition) is 3. The Morgan fingerprint density at radius 2 is 1.88 bits per heavy atom. The maximum absolute atomic E-state index is 13.0. The number of nitrogens with zero attached hydrogens (tertiary/aromatic N) is 1. The van der Waals surface area contributed by atoms with Gasteiger partial charge in [0.15, 0.2) is 0 Å². The van der Waals surface area contributed by atoms with Crippen molar-refractivity contribution >= 4 is 17.5 Å². The van der Waals surface area contributed by atoms with E-state index in [9.17, 15) is 9.59 Å². The molecule has 1 N–H and O–H groups in total. The number of rotatable bonds is 5. The Labute approximate surface area is 154 Å². The highest BCUT2D eigenvalue weighted by Gasteiger charge is 2.25. The van der Waals surface area contributed by atoms with Crippen LogP contribution in [0.4, 0.5) is 5.69 Å². The van der Waals surface area contributed by atoms with E-state index in [1.807, 2.05) is 47.4 Å². The second-order valence-corrected chi connectivity index (χ2v) is 6.51. The molecule has 0 saturated carbocycles. The molecule has 0 unspecified atom stereocenters. The van der Waals surface area contributed by atoms with Crippen LogP contribution in [0.15, 0.2) is 48.5 Å². The van der Waals surface area contributed by atoms with Crippen LogP contribution in [0, 0.1) is 0 Å². The van der Waals surface area contributed by atoms with Crippen molar-refractivity contribution in [3.63, 3.8) is 0 Å². The summed E-state index contributed by atoms with van der Waals surface area (Å²) in [6.45, 7) is 2.18. The van der Waals surface area contributed by atoms with E-state index in [4.69, 9.17) is 4.74 Å². The summed E-state index contributed by atoms with van der Waals surface area (Å²) in [5.41, 5.74) is 3.08. The molecule has 0 bridgehead atoms. The van der Waals surface area contributed by atoms with Crippen molar-refractivity contribution in [1.29, 1.82) is 0 Å². The molecule has 1 heterocycles. The van der Waals surface area contributed by atoms with Gasteiger partial charge in [0.2, 0.25) is 11.8 Å². The quantitative estimate of drug-likeness (QED) is 0.899. The highest BCUT2D eigenvalue weighted by molar-refractivity contribution is 5.95. The fourth-order valence-electron chi connectivity index (χ4n) is 3.41. The summed E-state index contributed by atoms with van der Waals surface area (Å²) < 4.78 is 5.18. The molecule has 26 heavy (non-hydrogen) atoms. The van der Waals surface area contributed by atoms with Crippen molar-refractivity contribution in [3.05, 3.63) is 59.7 Å². The maximum Gasteiger partial charge on any atom is 0.229 e. The topological polar surface area (TPSA) is 58.6 Å². The minimum absolute atomic E-state index is 0.0201. The second kappa shape index (κ2) is 8.04. The van der Waals surface area contributed by atoms with Crippen LogP contribution in [0.3, 0.4) is 0 Å². The van der Waals surface area contributed by atoms with E-state index in [0.29, 0.717) is 6.54 Å². The molecule has 0 radical (unpaired) electrons. The van der Waals surface area contributed by atoms with Crippen LogP contribution in [0.2, 0.25) is 0 Å². The molecule has 5 nitrogen and oxygen atoms in total. The summed E-state index contributed by atoms with van der Waals surface area (Å²) in [6, 6.07) is 15.1. The Bertz CT molecular complexity index is 786. The average Bonchev–Trinajstić information content (AvgIpc) is 2.66. The van der Waals surface area contributed by atoms with Crippen LogP contribution in [-0.4, -0.2) is 25.5 Å². The number of methoxy groups -OCH3 is 1. The number of para-hydroxylation sites is 1. The average molecular weight is 352 g/mol. The van der Waals surface area contributed by atoms with Crippen molar-refractivity contribution < 1.29 is 14.3 Å². The molecule has 0 spiro atoms. The fraction of sp³-hybridized carbons (Fsp3) is 0.333. The molecule has 136 valence electrons. The van der Waals surface area contributed by atoms with E-state index in [1.54, 1.807) is 7.11 Å². The third-order valence-corrected chi connectivity index (χ3v) is 4.69. The number of benzene rings is 2. The zero-order valence-electron chi connectivity index (χ0n) is 15.2. The molecule has 0 aliphatic carbocycles. The normalized spacial score (nSPS) is 14.3. The van der Waals surface area contributed by atoms with Crippen molar-refractivity contribution in [2.75, 3.05) is 18.6 Å². The zero-order valence-corrected chi connectivity index (χ0v) is 15.2. The molecule has 1 aliphatic rings. The van der Waals surface area contributed by atoms with Crippen molar-refractivity contribution in [2.24, 2.45) is 0 Å². The number of nitrogens with one attached hydrogen (secondary N) is 1. The number of anilines is 1. The largest absolute Gasteiger partial charge is 0.497 e. The number of aryl methyl sites for hydroxylation is 1. The van der Waals surface area contributed by atoms with Gasteiger partial charge in [0, 0.05) is 19.2 Å². The molecule has 1 aliphatic heterocycles. The van der Waals surface area contributed by atoms with Crippen molar-refractivity contribution in [3.8, 4) is 5.75 Å². The molecule has 0 aromatic heterocycles. The van der Waals surface area contributed by atoms with Gasteiger partial charge in [0.05, 0.1) is 19.6 Å². The lowest BCUT2D eigenvalue weighted by molar-refractivity contribution is -0.121. The smallest absolute Gasteiger partial charge is 0.229 e. The molecule has 0 fully saturated rings. The van der Waals surface area contributed by atoms with Crippen molar-refractivity contribution in [1.82, 2.24) is 5.32 Å². The summed E-state index contributed by atoms with van der Waals surface area (Å²) in [5.74, 6) is 0.607. The van der Waals surface area contributed by atoms with E-state index in [0.717, 1.165) is 29.8 Å².